The monoisotopic (exact) mass is 427 g/mol. The van der Waals surface area contributed by atoms with Crippen LogP contribution in [-0.2, 0) is 21.4 Å². The van der Waals surface area contributed by atoms with Crippen molar-refractivity contribution >= 4 is 27.5 Å². The van der Waals surface area contributed by atoms with Crippen LogP contribution in [0.25, 0.3) is 0 Å². The summed E-state index contributed by atoms with van der Waals surface area (Å²) in [6, 6.07) is 14.6. The van der Waals surface area contributed by atoms with E-state index < -0.39 is 16.1 Å². The van der Waals surface area contributed by atoms with Crippen LogP contribution in [0.2, 0.25) is 0 Å². The van der Waals surface area contributed by atoms with Crippen molar-refractivity contribution in [2.75, 3.05) is 25.1 Å². The Morgan fingerprint density at radius 1 is 1.10 bits per heavy atom. The Balaban J connectivity index is 1.51. The summed E-state index contributed by atoms with van der Waals surface area (Å²) in [6.07, 6.45) is 1.84. The lowest BCUT2D eigenvalue weighted by Gasteiger charge is -2.24. The molecule has 1 N–H and O–H groups in total. The Hall–Kier alpha value is -3.33. The number of nitrogens with zero attached hydrogens (tertiary/aromatic N) is 2. The molecule has 0 radical (unpaired) electrons. The summed E-state index contributed by atoms with van der Waals surface area (Å²) in [4.78, 5) is 12.8. The fraction of sp³-hybridized carbons (Fsp3) is 0.238. The Bertz CT molecular complexity index is 1130. The van der Waals surface area contributed by atoms with E-state index in [-0.39, 0.29) is 17.8 Å². The summed E-state index contributed by atoms with van der Waals surface area (Å²) in [6.45, 7) is 2.61. The van der Waals surface area contributed by atoms with Gasteiger partial charge in [-0.3, -0.25) is 9.10 Å². The summed E-state index contributed by atoms with van der Waals surface area (Å²) in [5.41, 5.74) is 1.84. The van der Waals surface area contributed by atoms with Gasteiger partial charge in [-0.15, -0.1) is 4.40 Å². The van der Waals surface area contributed by atoms with E-state index in [2.05, 4.69) is 9.71 Å². The van der Waals surface area contributed by atoms with Gasteiger partial charge in [0.2, 0.25) is 0 Å². The first kappa shape index (κ1) is 20.0. The van der Waals surface area contributed by atoms with E-state index in [1.54, 1.807) is 18.2 Å². The fourth-order valence-corrected chi connectivity index (χ4v) is 4.29. The Labute approximate surface area is 175 Å². The number of hydrogen-bond acceptors (Lipinski definition) is 5. The molecule has 0 bridgehead atoms. The van der Waals surface area contributed by atoms with Gasteiger partial charge in [0.05, 0.1) is 11.3 Å². The van der Waals surface area contributed by atoms with Gasteiger partial charge in [-0.2, -0.15) is 8.42 Å². The van der Waals surface area contributed by atoms with E-state index >= 15 is 0 Å². The maximum absolute atomic E-state index is 12.8. The molecule has 2 aliphatic rings. The lowest BCUT2D eigenvalue weighted by molar-refractivity contribution is -0.112. The van der Waals surface area contributed by atoms with Crippen molar-refractivity contribution in [3.63, 3.8) is 0 Å². The van der Waals surface area contributed by atoms with Gasteiger partial charge in [0.25, 0.3) is 5.91 Å². The van der Waals surface area contributed by atoms with E-state index in [9.17, 15) is 13.2 Å². The van der Waals surface area contributed by atoms with E-state index in [4.69, 9.17) is 9.47 Å². The molecule has 0 aromatic heterocycles. The highest BCUT2D eigenvalue weighted by molar-refractivity contribution is 7.88. The molecule has 9 heteroatoms. The van der Waals surface area contributed by atoms with Gasteiger partial charge in [-0.05, 0) is 31.0 Å². The fourth-order valence-electron chi connectivity index (χ4n) is 3.19. The van der Waals surface area contributed by atoms with Crippen LogP contribution >= 0.6 is 0 Å². The molecule has 0 saturated heterocycles. The zero-order chi connectivity index (χ0) is 21.1. The number of benzene rings is 2. The maximum atomic E-state index is 12.8. The average molecular weight is 427 g/mol. The molecule has 0 atom stereocenters. The van der Waals surface area contributed by atoms with Crippen molar-refractivity contribution in [1.82, 2.24) is 4.31 Å². The minimum absolute atomic E-state index is 0.140. The van der Waals surface area contributed by atoms with Crippen LogP contribution in [0.4, 0.5) is 5.69 Å². The van der Waals surface area contributed by atoms with Gasteiger partial charge in [-0.25, -0.2) is 0 Å². The molecule has 156 valence electrons. The van der Waals surface area contributed by atoms with Gasteiger partial charge in [0.1, 0.15) is 13.2 Å². The van der Waals surface area contributed by atoms with Crippen molar-refractivity contribution < 1.29 is 22.7 Å². The first-order valence-electron chi connectivity index (χ1n) is 9.48. The molecule has 4 rings (SSSR count). The van der Waals surface area contributed by atoms with Gasteiger partial charge in [-0.1, -0.05) is 30.3 Å². The Morgan fingerprint density at radius 3 is 2.60 bits per heavy atom. The molecule has 0 saturated carbocycles. The van der Waals surface area contributed by atoms with E-state index in [1.165, 1.54) is 13.1 Å². The number of carbonyl (C=O) groups excluding carboxylic acids is 1. The highest BCUT2D eigenvalue weighted by atomic mass is 32.2. The van der Waals surface area contributed by atoms with Crippen molar-refractivity contribution in [3.8, 4) is 11.5 Å². The quantitative estimate of drug-likeness (QED) is 0.791. The third-order valence-electron chi connectivity index (χ3n) is 4.72. The van der Waals surface area contributed by atoms with Crippen molar-refractivity contribution in [2.45, 2.75) is 13.3 Å². The van der Waals surface area contributed by atoms with Crippen LogP contribution in [0.1, 0.15) is 12.5 Å². The zero-order valence-corrected chi connectivity index (χ0v) is 17.2. The average Bonchev–Trinajstić information content (AvgIpc) is 2.73. The van der Waals surface area contributed by atoms with Crippen molar-refractivity contribution in [2.24, 2.45) is 4.40 Å². The second-order valence-electron chi connectivity index (χ2n) is 6.86. The van der Waals surface area contributed by atoms with Crippen molar-refractivity contribution in [3.05, 3.63) is 65.9 Å². The lowest BCUT2D eigenvalue weighted by atomic mass is 10.1. The molecule has 0 aliphatic carbocycles. The predicted octanol–water partition coefficient (Wildman–Crippen LogP) is 2.54. The summed E-state index contributed by atoms with van der Waals surface area (Å²) in [5, 5.41) is 2.77. The lowest BCUT2D eigenvalue weighted by Crippen LogP contribution is -2.34. The number of fused-ring (bicyclic) bond motifs is 1. The first-order valence-corrected chi connectivity index (χ1v) is 10.9. The summed E-state index contributed by atoms with van der Waals surface area (Å²) >= 11 is 0. The van der Waals surface area contributed by atoms with E-state index in [0.717, 1.165) is 9.87 Å². The molecule has 0 fully saturated rings. The summed E-state index contributed by atoms with van der Waals surface area (Å²) in [5.74, 6) is 0.716. The molecule has 2 aliphatic heterocycles. The highest BCUT2D eigenvalue weighted by Gasteiger charge is 2.28. The Morgan fingerprint density at radius 2 is 1.83 bits per heavy atom. The number of ether oxygens (including phenoxy) is 2. The molecule has 0 unspecified atom stereocenters. The van der Waals surface area contributed by atoms with Crippen LogP contribution in [0.5, 0.6) is 11.5 Å². The van der Waals surface area contributed by atoms with Crippen LogP contribution in [0.15, 0.2) is 64.7 Å². The Kier molecular flexibility index (Phi) is 5.45. The highest BCUT2D eigenvalue weighted by Crippen LogP contribution is 2.32. The molecule has 2 aromatic rings. The minimum atomic E-state index is -3.87. The minimum Gasteiger partial charge on any atom is -0.486 e. The van der Waals surface area contributed by atoms with Crippen LogP contribution in [0.3, 0.4) is 0 Å². The summed E-state index contributed by atoms with van der Waals surface area (Å²) < 4.78 is 40.7. The standard InChI is InChI=1S/C21H21N3O5S/c1-15-18(21(25)22-17-7-8-19-20(13-17)29-12-11-28-19)14-24(30(26,27)23-15)10-9-16-5-3-2-4-6-16/h2-8,13-14H,9-12H2,1H3,(H,22,25). The molecule has 2 heterocycles. The first-order chi connectivity index (χ1) is 14.4. The largest absolute Gasteiger partial charge is 0.486 e. The third kappa shape index (κ3) is 4.30. The molecule has 0 spiro atoms. The third-order valence-corrected chi connectivity index (χ3v) is 6.11. The second-order valence-corrected chi connectivity index (χ2v) is 8.40. The van der Waals surface area contributed by atoms with Gasteiger partial charge < -0.3 is 14.8 Å². The SMILES string of the molecule is CC1=NS(=O)(=O)N(CCc2ccccc2)C=C1C(=O)Nc1ccc2c(c1)OCCO2. The maximum Gasteiger partial charge on any atom is 0.344 e. The number of rotatable bonds is 5. The zero-order valence-electron chi connectivity index (χ0n) is 16.4. The van der Waals surface area contributed by atoms with E-state index in [1.807, 2.05) is 30.3 Å². The topological polar surface area (TPSA) is 97.3 Å². The van der Waals surface area contributed by atoms with Crippen LogP contribution < -0.4 is 14.8 Å². The van der Waals surface area contributed by atoms with Gasteiger partial charge in [0.15, 0.2) is 11.5 Å². The molecular formula is C21H21N3O5S. The number of hydrogen-bond donors (Lipinski definition) is 1. The number of amides is 1. The number of anilines is 1. The number of carbonyl (C=O) groups is 1. The summed E-state index contributed by atoms with van der Waals surface area (Å²) in [7, 11) is -3.87. The molecular weight excluding hydrogens is 406 g/mol. The van der Waals surface area contributed by atoms with Crippen molar-refractivity contribution in [1.29, 1.82) is 0 Å². The smallest absolute Gasteiger partial charge is 0.344 e. The second kappa shape index (κ2) is 8.19. The molecule has 30 heavy (non-hydrogen) atoms. The molecule has 8 nitrogen and oxygen atoms in total. The number of nitrogens with one attached hydrogen (secondary N) is 1. The normalized spacial score (nSPS) is 17.0. The van der Waals surface area contributed by atoms with Gasteiger partial charge in [0, 0.05) is 24.5 Å². The van der Waals surface area contributed by atoms with E-state index in [0.29, 0.717) is 36.8 Å². The molecule has 1 amide bonds. The molecule has 2 aromatic carbocycles. The van der Waals surface area contributed by atoms with Crippen LogP contribution in [0, 0.1) is 0 Å². The van der Waals surface area contributed by atoms with Gasteiger partial charge >= 0.3 is 10.2 Å². The van der Waals surface area contributed by atoms with Crippen LogP contribution in [-0.4, -0.2) is 44.1 Å². The predicted molar refractivity (Wildman–Crippen MR) is 113 cm³/mol.